The van der Waals surface area contributed by atoms with Gasteiger partial charge < -0.3 is 4.74 Å². The van der Waals surface area contributed by atoms with Crippen LogP contribution >= 0.6 is 22.9 Å². The Bertz CT molecular complexity index is 452. The van der Waals surface area contributed by atoms with E-state index in [0.717, 1.165) is 21.4 Å². The van der Waals surface area contributed by atoms with Crippen molar-refractivity contribution in [2.45, 2.75) is 0 Å². The lowest BCUT2D eigenvalue weighted by Gasteiger charge is -2.00. The van der Waals surface area contributed by atoms with Crippen LogP contribution in [-0.4, -0.2) is 7.11 Å². The maximum Gasteiger partial charge on any atom is 0.177 e. The summed E-state index contributed by atoms with van der Waals surface area (Å²) in [7, 11) is 1.56. The van der Waals surface area contributed by atoms with Gasteiger partial charge in [0, 0.05) is 10.1 Å². The first-order valence-corrected chi connectivity index (χ1v) is 4.83. The average Bonchev–Trinajstić information content (AvgIpc) is 2.46. The van der Waals surface area contributed by atoms with Crippen LogP contribution in [0.25, 0.3) is 10.1 Å². The van der Waals surface area contributed by atoms with E-state index in [2.05, 4.69) is 0 Å². The zero-order valence-electron chi connectivity index (χ0n) is 6.80. The molecule has 2 rings (SSSR count). The van der Waals surface area contributed by atoms with Crippen molar-refractivity contribution in [3.63, 3.8) is 0 Å². The minimum atomic E-state index is -0.231. The van der Waals surface area contributed by atoms with E-state index >= 15 is 0 Å². The van der Waals surface area contributed by atoms with Crippen LogP contribution in [0.15, 0.2) is 18.2 Å². The molecule has 1 nitrogen and oxygen atoms in total. The van der Waals surface area contributed by atoms with Gasteiger partial charge in [0.25, 0.3) is 0 Å². The molecule has 0 saturated carbocycles. The molecule has 0 aliphatic heterocycles. The molecule has 0 aliphatic carbocycles. The third-order valence-electron chi connectivity index (χ3n) is 1.77. The van der Waals surface area contributed by atoms with Gasteiger partial charge in [-0.25, -0.2) is 0 Å². The Hall–Kier alpha value is -0.800. The number of thiophene rings is 1. The second-order valence-electron chi connectivity index (χ2n) is 2.57. The summed E-state index contributed by atoms with van der Waals surface area (Å²) in [5.74, 6) is 0.652. The van der Waals surface area contributed by atoms with Crippen molar-refractivity contribution in [3.8, 4) is 5.75 Å². The Morgan fingerprint density at radius 1 is 1.38 bits per heavy atom. The molecular weight excluding hydrogens is 211 g/mol. The predicted molar refractivity (Wildman–Crippen MR) is 53.3 cm³/mol. The van der Waals surface area contributed by atoms with Gasteiger partial charge in [-0.05, 0) is 18.2 Å². The van der Waals surface area contributed by atoms with Crippen LogP contribution in [0, 0.1) is 5.13 Å². The molecule has 0 fully saturated rings. The lowest BCUT2D eigenvalue weighted by atomic mass is 10.2. The van der Waals surface area contributed by atoms with Crippen LogP contribution in [0.2, 0.25) is 5.02 Å². The molecular formula is C9H6ClFOS. The van der Waals surface area contributed by atoms with Crippen LogP contribution in [0.1, 0.15) is 0 Å². The second-order valence-corrected chi connectivity index (χ2v) is 4.01. The van der Waals surface area contributed by atoms with Crippen molar-refractivity contribution in [1.82, 2.24) is 0 Å². The molecule has 13 heavy (non-hydrogen) atoms. The number of hydrogen-bond donors (Lipinski definition) is 0. The Balaban J connectivity index is 2.75. The number of rotatable bonds is 1. The van der Waals surface area contributed by atoms with E-state index in [9.17, 15) is 4.39 Å². The summed E-state index contributed by atoms with van der Waals surface area (Å²) in [4.78, 5) is 0. The van der Waals surface area contributed by atoms with Crippen LogP contribution in [-0.2, 0) is 0 Å². The topological polar surface area (TPSA) is 9.23 Å². The summed E-state index contributed by atoms with van der Waals surface area (Å²) in [6.07, 6.45) is 0. The molecule has 4 heteroatoms. The lowest BCUT2D eigenvalue weighted by Crippen LogP contribution is -1.81. The molecule has 1 heterocycles. The maximum absolute atomic E-state index is 12.9. The molecule has 0 aliphatic rings. The van der Waals surface area contributed by atoms with Crippen molar-refractivity contribution in [2.75, 3.05) is 7.11 Å². The summed E-state index contributed by atoms with van der Waals surface area (Å²) < 4.78 is 18.7. The van der Waals surface area contributed by atoms with Gasteiger partial charge in [0.15, 0.2) is 5.13 Å². The van der Waals surface area contributed by atoms with Gasteiger partial charge in [-0.15, -0.1) is 11.3 Å². The second kappa shape index (κ2) is 3.16. The van der Waals surface area contributed by atoms with Gasteiger partial charge in [0.05, 0.1) is 12.1 Å². The number of ether oxygens (including phenoxy) is 1. The molecule has 1 aromatic heterocycles. The van der Waals surface area contributed by atoms with Gasteiger partial charge in [-0.3, -0.25) is 0 Å². The highest BCUT2D eigenvalue weighted by molar-refractivity contribution is 7.17. The molecule has 68 valence electrons. The molecule has 2 aromatic rings. The smallest absolute Gasteiger partial charge is 0.177 e. The fourth-order valence-corrected chi connectivity index (χ4v) is 2.32. The summed E-state index contributed by atoms with van der Waals surface area (Å²) >= 11 is 6.98. The largest absolute Gasteiger partial charge is 0.497 e. The van der Waals surface area contributed by atoms with E-state index < -0.39 is 0 Å². The first kappa shape index (κ1) is 8.78. The van der Waals surface area contributed by atoms with E-state index in [0.29, 0.717) is 10.8 Å². The minimum Gasteiger partial charge on any atom is -0.497 e. The van der Waals surface area contributed by atoms with Gasteiger partial charge in [0.2, 0.25) is 0 Å². The Kier molecular flexibility index (Phi) is 2.14. The van der Waals surface area contributed by atoms with Crippen LogP contribution in [0.4, 0.5) is 4.39 Å². The standard InChI is InChI=1S/C9H6ClFOS/c1-12-5-2-7(10)6-4-9(11)13-8(6)3-5/h2-4H,1H3. The van der Waals surface area contributed by atoms with Gasteiger partial charge in [0.1, 0.15) is 5.75 Å². The van der Waals surface area contributed by atoms with Crippen LogP contribution < -0.4 is 4.74 Å². The number of hydrogen-bond acceptors (Lipinski definition) is 2. The number of halogens is 2. The zero-order valence-corrected chi connectivity index (χ0v) is 8.38. The SMILES string of the molecule is COc1cc(Cl)c2cc(F)sc2c1. The summed E-state index contributed by atoms with van der Waals surface area (Å²) in [5.41, 5.74) is 0. The number of benzene rings is 1. The molecule has 0 radical (unpaired) electrons. The highest BCUT2D eigenvalue weighted by Crippen LogP contribution is 2.34. The monoisotopic (exact) mass is 216 g/mol. The first-order valence-electron chi connectivity index (χ1n) is 3.63. The van der Waals surface area contributed by atoms with E-state index in [-0.39, 0.29) is 5.13 Å². The van der Waals surface area contributed by atoms with Crippen molar-refractivity contribution in [3.05, 3.63) is 28.4 Å². The van der Waals surface area contributed by atoms with Crippen molar-refractivity contribution >= 4 is 33.0 Å². The summed E-state index contributed by atoms with van der Waals surface area (Å²) in [6.45, 7) is 0. The lowest BCUT2D eigenvalue weighted by molar-refractivity contribution is 0.415. The van der Waals surface area contributed by atoms with Crippen LogP contribution in [0.3, 0.4) is 0 Å². The highest BCUT2D eigenvalue weighted by atomic mass is 35.5. The first-order chi connectivity index (χ1) is 6.20. The zero-order chi connectivity index (χ0) is 9.42. The summed E-state index contributed by atoms with van der Waals surface area (Å²) in [5, 5.41) is 1.03. The molecule has 1 aromatic carbocycles. The Labute approximate surface area is 83.7 Å². The van der Waals surface area contributed by atoms with E-state index in [1.807, 2.05) is 0 Å². The molecule has 0 amide bonds. The third-order valence-corrected chi connectivity index (χ3v) is 2.95. The normalized spacial score (nSPS) is 10.7. The molecule has 0 N–H and O–H groups in total. The van der Waals surface area contributed by atoms with Crippen molar-refractivity contribution < 1.29 is 9.13 Å². The quantitative estimate of drug-likeness (QED) is 0.706. The molecule has 0 atom stereocenters. The molecule has 0 bridgehead atoms. The molecule has 0 saturated heterocycles. The predicted octanol–water partition coefficient (Wildman–Crippen LogP) is 3.70. The summed E-state index contributed by atoms with van der Waals surface area (Å²) in [6, 6.07) is 4.88. The van der Waals surface area contributed by atoms with Gasteiger partial charge in [-0.2, -0.15) is 4.39 Å². The van der Waals surface area contributed by atoms with Crippen LogP contribution in [0.5, 0.6) is 5.75 Å². The molecule has 0 spiro atoms. The Morgan fingerprint density at radius 2 is 2.15 bits per heavy atom. The maximum atomic E-state index is 12.9. The minimum absolute atomic E-state index is 0.231. The fourth-order valence-electron chi connectivity index (χ4n) is 1.16. The molecule has 0 unspecified atom stereocenters. The van der Waals surface area contributed by atoms with Crippen molar-refractivity contribution in [2.24, 2.45) is 0 Å². The van der Waals surface area contributed by atoms with E-state index in [4.69, 9.17) is 16.3 Å². The fraction of sp³-hybridized carbons (Fsp3) is 0.111. The average molecular weight is 217 g/mol. The third kappa shape index (κ3) is 1.49. The Morgan fingerprint density at radius 3 is 2.85 bits per heavy atom. The van der Waals surface area contributed by atoms with Gasteiger partial charge in [-0.1, -0.05) is 11.6 Å². The van der Waals surface area contributed by atoms with Gasteiger partial charge >= 0.3 is 0 Å². The van der Waals surface area contributed by atoms with Crippen molar-refractivity contribution in [1.29, 1.82) is 0 Å². The number of fused-ring (bicyclic) bond motifs is 1. The number of methoxy groups -OCH3 is 1. The highest BCUT2D eigenvalue weighted by Gasteiger charge is 2.06. The van der Waals surface area contributed by atoms with E-state index in [1.165, 1.54) is 6.07 Å². The van der Waals surface area contributed by atoms with E-state index in [1.54, 1.807) is 19.2 Å².